The molecule has 0 amide bonds. The SMILES string of the molecule is CC[N+](C)(C)CCCCCCCCCC[N+]12CCC(CC1)CC2.OC[C@H]1O[C@@H]2O[C@H]3[C@H](O)[C@@H](O)[C@@H](O[C@H]4[C@H](O)[C@@H](O)[C@@H](O[C@H]5[C@H](O)[C@@H](O)[C@@H](O[C@H]6[C@H](O)[C@@H](O)[C@@H](O[C@H]7[C@H](O)[C@@H](O)[C@@H](O[C@H]1[C@H](O)[C@H]2O)O[C@@H]7CO)O[C@@H]6CO)O[C@@H]5CO)O[C@@H]4CO)O[C@@H]3CO.[Br-].[Br-]. The van der Waals surface area contributed by atoms with Gasteiger partial charge in [0.25, 0.3) is 0 Å². The van der Waals surface area contributed by atoms with E-state index in [1.165, 1.54) is 119 Å². The van der Waals surface area contributed by atoms with E-state index in [0.29, 0.717) is 0 Å². The lowest BCUT2D eigenvalue weighted by atomic mass is 9.85. The summed E-state index contributed by atoms with van der Waals surface area (Å²) in [5.74, 6) is 1.11. The predicted octanol–water partition coefficient (Wildman–Crippen LogP) is -14.2. The molecule has 536 valence electrons. The van der Waals surface area contributed by atoms with Crippen LogP contribution in [0.4, 0.5) is 0 Å². The molecule has 25 saturated heterocycles. The van der Waals surface area contributed by atoms with Crippen LogP contribution in [0.1, 0.15) is 77.6 Å². The van der Waals surface area contributed by atoms with Crippen molar-refractivity contribution in [3.05, 3.63) is 0 Å². The number of quaternary nitrogens is 2. The first kappa shape index (κ1) is 79.7. The molecule has 25 fully saturated rings. The number of rotatable bonds is 18. The van der Waals surface area contributed by atoms with Crippen LogP contribution in [0.3, 0.4) is 0 Å². The summed E-state index contributed by atoms with van der Waals surface area (Å²) in [5, 5.41) is 196. The largest absolute Gasteiger partial charge is 1.00 e. The Hall–Kier alpha value is -0.320. The third-order valence-electron chi connectivity index (χ3n) is 19.7. The first-order chi connectivity index (χ1) is 42.5. The minimum Gasteiger partial charge on any atom is -1.00 e. The summed E-state index contributed by atoms with van der Waals surface area (Å²) < 4.78 is 70.6. The Balaban J connectivity index is 0.000000443. The molecule has 0 saturated carbocycles. The summed E-state index contributed by atoms with van der Waals surface area (Å²) in [5.41, 5.74) is 0. The van der Waals surface area contributed by atoms with Crippen molar-refractivity contribution in [2.75, 3.05) is 93.0 Å². The van der Waals surface area contributed by atoms with Gasteiger partial charge in [0.15, 0.2) is 37.7 Å². The van der Waals surface area contributed by atoms with Gasteiger partial charge in [-0.15, -0.1) is 0 Å². The number of unbranched alkanes of at least 4 members (excludes halogenated alkanes) is 7. The number of hydrogen-bond acceptors (Lipinski definition) is 30. The van der Waals surface area contributed by atoms with Gasteiger partial charge in [0.05, 0.1) is 93.0 Å². The lowest BCUT2D eigenvalue weighted by molar-refractivity contribution is -0.942. The van der Waals surface area contributed by atoms with Gasteiger partial charge in [0.1, 0.15) is 146 Å². The van der Waals surface area contributed by atoms with Crippen LogP contribution in [0.5, 0.6) is 0 Å². The van der Waals surface area contributed by atoms with E-state index >= 15 is 0 Å². The van der Waals surface area contributed by atoms with E-state index in [0.717, 1.165) is 5.92 Å². The van der Waals surface area contributed by atoms with Crippen molar-refractivity contribution in [2.24, 2.45) is 5.92 Å². The molecule has 0 radical (unpaired) electrons. The van der Waals surface area contributed by atoms with Gasteiger partial charge in [-0.2, -0.15) is 0 Å². The zero-order valence-corrected chi connectivity index (χ0v) is 54.9. The van der Waals surface area contributed by atoms with E-state index < -0.39 is 224 Å². The van der Waals surface area contributed by atoms with Crippen LogP contribution in [0.25, 0.3) is 0 Å². The molecule has 0 aromatic heterocycles. The highest BCUT2D eigenvalue weighted by Gasteiger charge is 2.59. The Morgan fingerprint density at radius 1 is 0.308 bits per heavy atom. The van der Waals surface area contributed by atoms with Crippen molar-refractivity contribution in [1.29, 1.82) is 0 Å². The van der Waals surface area contributed by atoms with E-state index in [9.17, 15) is 91.9 Å². The fraction of sp³-hybridized carbons (Fsp3) is 1.00. The van der Waals surface area contributed by atoms with E-state index in [1.54, 1.807) is 0 Å². The van der Waals surface area contributed by atoms with Crippen molar-refractivity contribution >= 4 is 0 Å². The lowest BCUT2D eigenvalue weighted by Gasteiger charge is -2.50. The van der Waals surface area contributed by atoms with E-state index in [2.05, 4.69) is 21.0 Å². The highest BCUT2D eigenvalue weighted by molar-refractivity contribution is 5.01. The molecule has 0 unspecified atom stereocenters. The maximum atomic E-state index is 11.2. The molecule has 14 bridgehead atoms. The summed E-state index contributed by atoms with van der Waals surface area (Å²) >= 11 is 0. The Morgan fingerprint density at radius 3 is 0.725 bits per heavy atom. The first-order valence-electron chi connectivity index (χ1n) is 31.8. The number of nitrogens with zero attached hydrogens (tertiary/aromatic N) is 2. The van der Waals surface area contributed by atoms with Crippen molar-refractivity contribution in [3.63, 3.8) is 0 Å². The number of aliphatic hydroxyl groups excluding tert-OH is 18. The maximum Gasteiger partial charge on any atom is 0.187 e. The summed E-state index contributed by atoms with van der Waals surface area (Å²) in [7, 11) is 4.72. The molecular weight excluding hydrogens is 1350 g/mol. The first-order valence-corrected chi connectivity index (χ1v) is 31.8. The van der Waals surface area contributed by atoms with Crippen molar-refractivity contribution in [2.45, 2.75) is 262 Å². The molecule has 32 nitrogen and oxygen atoms in total. The average Bonchev–Trinajstić information content (AvgIpc) is 1.95. The molecule has 30 atom stereocenters. The van der Waals surface area contributed by atoms with E-state index in [4.69, 9.17) is 56.8 Å². The van der Waals surface area contributed by atoms with E-state index in [1.807, 2.05) is 0 Å². The number of piperidine rings is 3. The van der Waals surface area contributed by atoms with Gasteiger partial charge in [-0.3, -0.25) is 0 Å². The summed E-state index contributed by atoms with van der Waals surface area (Å²) in [6.45, 7) is 4.96. The fourth-order valence-electron chi connectivity index (χ4n) is 13.6. The fourth-order valence-corrected chi connectivity index (χ4v) is 13.6. The maximum absolute atomic E-state index is 11.2. The van der Waals surface area contributed by atoms with Crippen LogP contribution in [0.15, 0.2) is 0 Å². The topological polar surface area (TPSA) is 475 Å². The van der Waals surface area contributed by atoms with Crippen molar-refractivity contribution in [3.8, 4) is 0 Å². The van der Waals surface area contributed by atoms with Crippen LogP contribution < -0.4 is 34.0 Å². The molecule has 25 rings (SSSR count). The molecular formula is C57H104Br2N2O30. The van der Waals surface area contributed by atoms with Gasteiger partial charge < -0.3 is 192 Å². The van der Waals surface area contributed by atoms with Crippen molar-refractivity contribution in [1.82, 2.24) is 0 Å². The van der Waals surface area contributed by atoms with Crippen LogP contribution >= 0.6 is 0 Å². The molecule has 0 aromatic carbocycles. The Bertz CT molecular complexity index is 1790. The molecule has 18 N–H and O–H groups in total. The number of ether oxygens (including phenoxy) is 12. The van der Waals surface area contributed by atoms with Gasteiger partial charge >= 0.3 is 0 Å². The third kappa shape index (κ3) is 18.8. The summed E-state index contributed by atoms with van der Waals surface area (Å²) in [6.07, 6.45) is -42.1. The van der Waals surface area contributed by atoms with Crippen LogP contribution in [-0.2, 0) is 56.8 Å². The Labute approximate surface area is 550 Å². The molecule has 34 heteroatoms. The van der Waals surface area contributed by atoms with Crippen LogP contribution in [0, 0.1) is 5.92 Å². The average molecular weight is 1460 g/mol. The second-order valence-corrected chi connectivity index (χ2v) is 26.1. The minimum atomic E-state index is -2.15. The molecule has 0 aromatic rings. The second-order valence-electron chi connectivity index (χ2n) is 26.1. The second kappa shape index (κ2) is 36.1. The zero-order valence-electron chi connectivity index (χ0n) is 51.8. The molecule has 0 aliphatic carbocycles. The highest BCUT2D eigenvalue weighted by Crippen LogP contribution is 2.39. The molecule has 0 spiro atoms. The minimum absolute atomic E-state index is 0. The quantitative estimate of drug-likeness (QED) is 0.0448. The van der Waals surface area contributed by atoms with Gasteiger partial charge in [0.2, 0.25) is 0 Å². The number of hydrogen-bond donors (Lipinski definition) is 18. The van der Waals surface area contributed by atoms with Crippen LogP contribution in [-0.4, -0.2) is 378 Å². The molecule has 91 heavy (non-hydrogen) atoms. The number of fused-ring (bicyclic) bond motifs is 3. The predicted molar refractivity (Wildman–Crippen MR) is 297 cm³/mol. The molecule has 25 aliphatic heterocycles. The van der Waals surface area contributed by atoms with Gasteiger partial charge in [-0.25, -0.2) is 0 Å². The Kier molecular flexibility index (Phi) is 31.6. The van der Waals surface area contributed by atoms with Crippen LogP contribution in [0.2, 0.25) is 0 Å². The molecule has 25 heterocycles. The normalized spacial score (nSPS) is 47.1. The van der Waals surface area contributed by atoms with Crippen molar-refractivity contribution < 1.29 is 192 Å². The number of aliphatic hydroxyl groups is 18. The van der Waals surface area contributed by atoms with Gasteiger partial charge in [-0.1, -0.05) is 25.7 Å². The third-order valence-corrected chi connectivity index (χ3v) is 19.7. The number of halogens is 2. The summed E-state index contributed by atoms with van der Waals surface area (Å²) in [4.78, 5) is 0. The monoisotopic (exact) mass is 1450 g/mol. The van der Waals surface area contributed by atoms with Gasteiger partial charge in [-0.05, 0) is 57.8 Å². The lowest BCUT2D eigenvalue weighted by Crippen LogP contribution is -3.00. The Morgan fingerprint density at radius 2 is 0.516 bits per heavy atom. The molecule has 25 aliphatic rings. The van der Waals surface area contributed by atoms with E-state index in [-0.39, 0.29) is 34.0 Å². The highest BCUT2D eigenvalue weighted by atomic mass is 79.9. The zero-order chi connectivity index (χ0) is 64.6. The standard InChI is InChI=1S/C36H60O30.C21H44N2.2BrH/c37-1-7-25-13(43)19(49)31(55-7)62-26-8(2-38)57-33(21(51)15(26)45)64-28-10(4-40)59-35(23(53)17(28)47)66-30-12(6-42)60-36(24(54)18(30)48)65-29-11(5-41)58-34(22(52)16(29)46)63-27-9(3-39)56-32(61-25)20(50)14(27)44;1-4-22(2,3)16-11-9-7-5-6-8-10-12-17-23-18-13-21(14-19-23)15-20-23;;/h7-54H,1-6H2;21H,4-20H2,1-3H3;2*1H/q;+2;;/p-2/t7-,8-,9-,10-,11-,12-,13-,14-,15-,16-,17-,18-,19-,20-,21-,22-,23-,24-,25-,26-,27-,28-,29-,30-,31-,32-,33-,34-,35-,36-;;;/m1.../s1. The smallest absolute Gasteiger partial charge is 0.187 e. The summed E-state index contributed by atoms with van der Waals surface area (Å²) in [6, 6.07) is 0. The van der Waals surface area contributed by atoms with Gasteiger partial charge in [0, 0.05) is 0 Å².